The zero-order chi connectivity index (χ0) is 14.9. The molecule has 5 heteroatoms. The van der Waals surface area contributed by atoms with Crippen LogP contribution in [0.15, 0.2) is 18.2 Å². The van der Waals surface area contributed by atoms with Crippen LogP contribution in [0.4, 0.5) is 0 Å². The molecule has 2 atom stereocenters. The molecule has 1 aliphatic heterocycles. The monoisotopic (exact) mass is 277 g/mol. The molecule has 1 fully saturated rings. The van der Waals surface area contributed by atoms with E-state index in [0.29, 0.717) is 18.7 Å². The number of carbonyl (C=O) groups is 1. The van der Waals surface area contributed by atoms with Crippen LogP contribution in [0.25, 0.3) is 0 Å². The molecule has 1 saturated heterocycles. The molecule has 0 aromatic carbocycles. The molecule has 0 aliphatic carbocycles. The molecule has 0 saturated carbocycles. The van der Waals surface area contributed by atoms with Crippen LogP contribution in [-0.4, -0.2) is 34.5 Å². The first kappa shape index (κ1) is 14.8. The van der Waals surface area contributed by atoms with Gasteiger partial charge in [0.25, 0.3) is 0 Å². The van der Waals surface area contributed by atoms with Gasteiger partial charge in [-0.15, -0.1) is 0 Å². The van der Waals surface area contributed by atoms with Crippen LogP contribution in [0.5, 0.6) is 5.88 Å². The Morgan fingerprint density at radius 1 is 1.40 bits per heavy atom. The van der Waals surface area contributed by atoms with Crippen LogP contribution >= 0.6 is 0 Å². The van der Waals surface area contributed by atoms with Gasteiger partial charge >= 0.3 is 0 Å². The molecule has 5 nitrogen and oxygen atoms in total. The van der Waals surface area contributed by atoms with Crippen LogP contribution in [0.3, 0.4) is 0 Å². The van der Waals surface area contributed by atoms with Gasteiger partial charge in [-0.1, -0.05) is 6.07 Å². The van der Waals surface area contributed by atoms with Crippen LogP contribution in [-0.2, 0) is 4.79 Å². The minimum Gasteiger partial charge on any atom is -0.481 e. The predicted molar refractivity (Wildman–Crippen MR) is 77.3 cm³/mol. The third-order valence-corrected chi connectivity index (χ3v) is 3.62. The molecule has 1 aromatic heterocycles. The molecule has 2 N–H and O–H groups in total. The lowest BCUT2D eigenvalue weighted by Gasteiger charge is -2.46. The zero-order valence-electron chi connectivity index (χ0n) is 12.6. The number of nitrogens with zero attached hydrogens (tertiary/aromatic N) is 2. The number of methoxy groups -OCH3 is 1. The third kappa shape index (κ3) is 2.77. The lowest BCUT2D eigenvalue weighted by Crippen LogP contribution is -2.56. The molecule has 0 bridgehead atoms. The second-order valence-corrected chi connectivity index (χ2v) is 6.19. The second kappa shape index (κ2) is 5.40. The third-order valence-electron chi connectivity index (χ3n) is 3.62. The summed E-state index contributed by atoms with van der Waals surface area (Å²) in [7, 11) is 1.58. The maximum absolute atomic E-state index is 12.3. The van der Waals surface area contributed by atoms with E-state index in [9.17, 15) is 4.79 Å². The predicted octanol–water partition coefficient (Wildman–Crippen LogP) is 1.88. The largest absolute Gasteiger partial charge is 0.481 e. The number of piperidine rings is 1. The van der Waals surface area contributed by atoms with E-state index in [2.05, 4.69) is 4.98 Å². The summed E-state index contributed by atoms with van der Waals surface area (Å²) in [4.78, 5) is 18.7. The number of pyridine rings is 1. The first-order valence-corrected chi connectivity index (χ1v) is 6.93. The van der Waals surface area contributed by atoms with E-state index in [1.54, 1.807) is 13.2 Å². The number of hydrogen-bond acceptors (Lipinski definition) is 4. The standard InChI is InChI=1S/C15H23N3O2/c1-15(2,3)18-13(19)9-8-10(16)14(18)11-6-5-7-12(17-11)20-4/h5-7,10,14H,8-9,16H2,1-4H3. The van der Waals surface area contributed by atoms with Crippen molar-refractivity contribution in [2.24, 2.45) is 5.73 Å². The van der Waals surface area contributed by atoms with Crippen LogP contribution in [0.1, 0.15) is 45.3 Å². The Balaban J connectivity index is 2.44. The number of carbonyl (C=O) groups excluding carboxylic acids is 1. The molecule has 2 unspecified atom stereocenters. The molecule has 20 heavy (non-hydrogen) atoms. The van der Waals surface area contributed by atoms with Gasteiger partial charge in [0.1, 0.15) is 0 Å². The van der Waals surface area contributed by atoms with E-state index >= 15 is 0 Å². The summed E-state index contributed by atoms with van der Waals surface area (Å²) in [6, 6.07) is 5.28. The van der Waals surface area contributed by atoms with Crippen LogP contribution in [0.2, 0.25) is 0 Å². The zero-order valence-corrected chi connectivity index (χ0v) is 12.6. The van der Waals surface area contributed by atoms with E-state index < -0.39 is 0 Å². The van der Waals surface area contributed by atoms with Gasteiger partial charge < -0.3 is 15.4 Å². The fourth-order valence-electron chi connectivity index (χ4n) is 2.77. The van der Waals surface area contributed by atoms with Gasteiger partial charge in [-0.05, 0) is 33.3 Å². The maximum Gasteiger partial charge on any atom is 0.223 e. The molecule has 2 heterocycles. The van der Waals surface area contributed by atoms with Gasteiger partial charge in [0, 0.05) is 24.1 Å². The maximum atomic E-state index is 12.3. The molecule has 1 aromatic rings. The fraction of sp³-hybridized carbons (Fsp3) is 0.600. The quantitative estimate of drug-likeness (QED) is 0.896. The number of nitrogens with two attached hydrogens (primary N) is 1. The summed E-state index contributed by atoms with van der Waals surface area (Å²) in [5.41, 5.74) is 6.78. The Morgan fingerprint density at radius 3 is 2.70 bits per heavy atom. The number of ether oxygens (including phenoxy) is 1. The smallest absolute Gasteiger partial charge is 0.223 e. The molecule has 2 rings (SSSR count). The highest BCUT2D eigenvalue weighted by atomic mass is 16.5. The van der Waals surface area contributed by atoms with Crippen molar-refractivity contribution < 1.29 is 9.53 Å². The number of amides is 1. The first-order valence-electron chi connectivity index (χ1n) is 6.93. The summed E-state index contributed by atoms with van der Waals surface area (Å²) in [5.74, 6) is 0.676. The summed E-state index contributed by atoms with van der Waals surface area (Å²) in [6.07, 6.45) is 1.19. The van der Waals surface area contributed by atoms with E-state index in [1.807, 2.05) is 37.8 Å². The first-order chi connectivity index (χ1) is 9.34. The second-order valence-electron chi connectivity index (χ2n) is 6.19. The van der Waals surface area contributed by atoms with Crippen molar-refractivity contribution in [3.05, 3.63) is 23.9 Å². The summed E-state index contributed by atoms with van der Waals surface area (Å²) < 4.78 is 5.17. The van der Waals surface area contributed by atoms with Gasteiger partial charge in [0.05, 0.1) is 18.8 Å². The van der Waals surface area contributed by atoms with Gasteiger partial charge in [-0.25, -0.2) is 4.98 Å². The van der Waals surface area contributed by atoms with Crippen molar-refractivity contribution in [1.29, 1.82) is 0 Å². The van der Waals surface area contributed by atoms with Crippen molar-refractivity contribution in [3.63, 3.8) is 0 Å². The minimum absolute atomic E-state index is 0.105. The van der Waals surface area contributed by atoms with Gasteiger partial charge in [0.2, 0.25) is 11.8 Å². The minimum atomic E-state index is -0.287. The Hall–Kier alpha value is -1.62. The van der Waals surface area contributed by atoms with Crippen molar-refractivity contribution in [2.45, 2.75) is 51.2 Å². The van der Waals surface area contributed by atoms with Crippen molar-refractivity contribution in [1.82, 2.24) is 9.88 Å². The summed E-state index contributed by atoms with van der Waals surface area (Å²) >= 11 is 0. The van der Waals surface area contributed by atoms with Crippen molar-refractivity contribution >= 4 is 5.91 Å². The Labute approximate surface area is 120 Å². The number of rotatable bonds is 2. The highest BCUT2D eigenvalue weighted by molar-refractivity contribution is 5.78. The molecule has 0 radical (unpaired) electrons. The average molecular weight is 277 g/mol. The van der Waals surface area contributed by atoms with E-state index in [4.69, 9.17) is 10.5 Å². The van der Waals surface area contributed by atoms with Gasteiger partial charge in [-0.2, -0.15) is 0 Å². The lowest BCUT2D eigenvalue weighted by atomic mass is 9.88. The summed E-state index contributed by atoms with van der Waals surface area (Å²) in [5, 5.41) is 0. The Morgan fingerprint density at radius 2 is 2.10 bits per heavy atom. The molecule has 1 amide bonds. The Bertz CT molecular complexity index is 496. The highest BCUT2D eigenvalue weighted by Crippen LogP contribution is 2.35. The van der Waals surface area contributed by atoms with E-state index in [0.717, 1.165) is 5.69 Å². The van der Waals surface area contributed by atoms with Crippen LogP contribution in [0, 0.1) is 0 Å². The highest BCUT2D eigenvalue weighted by Gasteiger charge is 2.41. The van der Waals surface area contributed by atoms with Gasteiger partial charge in [-0.3, -0.25) is 4.79 Å². The number of aromatic nitrogens is 1. The molecular weight excluding hydrogens is 254 g/mol. The van der Waals surface area contributed by atoms with Crippen molar-refractivity contribution in [2.75, 3.05) is 7.11 Å². The number of hydrogen-bond donors (Lipinski definition) is 1. The topological polar surface area (TPSA) is 68.5 Å². The SMILES string of the molecule is COc1cccc(C2C(N)CCC(=O)N2C(C)(C)C)n1. The lowest BCUT2D eigenvalue weighted by molar-refractivity contribution is -0.144. The molecular formula is C15H23N3O2. The molecule has 110 valence electrons. The Kier molecular flexibility index (Phi) is 3.99. The number of likely N-dealkylation sites (tertiary alicyclic amines) is 1. The van der Waals surface area contributed by atoms with E-state index in [-0.39, 0.29) is 23.5 Å². The molecule has 0 spiro atoms. The van der Waals surface area contributed by atoms with Gasteiger partial charge in [0.15, 0.2) is 0 Å². The van der Waals surface area contributed by atoms with Crippen LogP contribution < -0.4 is 10.5 Å². The van der Waals surface area contributed by atoms with Crippen molar-refractivity contribution in [3.8, 4) is 5.88 Å². The average Bonchev–Trinajstić information content (AvgIpc) is 2.39. The molecule has 1 aliphatic rings. The normalized spacial score (nSPS) is 23.9. The fourth-order valence-corrected chi connectivity index (χ4v) is 2.77. The summed E-state index contributed by atoms with van der Waals surface area (Å²) in [6.45, 7) is 6.07. The van der Waals surface area contributed by atoms with E-state index in [1.165, 1.54) is 0 Å².